The van der Waals surface area contributed by atoms with Gasteiger partial charge in [0.1, 0.15) is 5.75 Å². The Kier molecular flexibility index (Phi) is 6.39. The predicted octanol–water partition coefficient (Wildman–Crippen LogP) is 1.65. The second kappa shape index (κ2) is 8.58. The molecule has 0 spiro atoms. The monoisotopic (exact) mass is 396 g/mol. The van der Waals surface area contributed by atoms with Crippen molar-refractivity contribution in [3.05, 3.63) is 23.8 Å². The van der Waals surface area contributed by atoms with E-state index in [1.165, 1.54) is 4.31 Å². The zero-order chi connectivity index (χ0) is 19.4. The normalized spacial score (nSPS) is 21.9. The number of hydrogen-bond donors (Lipinski definition) is 0. The highest BCUT2D eigenvalue weighted by atomic mass is 32.2. The van der Waals surface area contributed by atoms with Gasteiger partial charge >= 0.3 is 0 Å². The van der Waals surface area contributed by atoms with E-state index < -0.39 is 10.0 Å². The van der Waals surface area contributed by atoms with Crippen LogP contribution in [0, 0.1) is 12.8 Å². The van der Waals surface area contributed by atoms with Crippen molar-refractivity contribution in [3.8, 4) is 5.75 Å². The van der Waals surface area contributed by atoms with Gasteiger partial charge in [-0.1, -0.05) is 0 Å². The van der Waals surface area contributed by atoms with Gasteiger partial charge in [-0.05, 0) is 50.5 Å². The summed E-state index contributed by atoms with van der Waals surface area (Å²) < 4.78 is 38.4. The zero-order valence-electron chi connectivity index (χ0n) is 16.0. The fraction of sp³-hybridized carbons (Fsp3) is 0.632. The molecule has 2 saturated heterocycles. The van der Waals surface area contributed by atoms with E-state index in [0.29, 0.717) is 51.6 Å². The molecule has 150 valence electrons. The Bertz CT molecular complexity index is 774. The predicted molar refractivity (Wildman–Crippen MR) is 101 cm³/mol. The van der Waals surface area contributed by atoms with Crippen LogP contribution in [0.5, 0.6) is 5.75 Å². The van der Waals surface area contributed by atoms with Crippen molar-refractivity contribution in [2.45, 2.75) is 31.6 Å². The molecule has 2 aliphatic heterocycles. The average molecular weight is 397 g/mol. The highest BCUT2D eigenvalue weighted by Crippen LogP contribution is 2.28. The maximum Gasteiger partial charge on any atom is 0.243 e. The number of rotatable bonds is 5. The quantitative estimate of drug-likeness (QED) is 0.757. The van der Waals surface area contributed by atoms with Crippen molar-refractivity contribution in [1.82, 2.24) is 9.21 Å². The van der Waals surface area contributed by atoms with Gasteiger partial charge in [0.15, 0.2) is 0 Å². The Morgan fingerprint density at radius 2 is 2.00 bits per heavy atom. The molecule has 1 aromatic rings. The summed E-state index contributed by atoms with van der Waals surface area (Å²) >= 11 is 0. The minimum absolute atomic E-state index is 0.0427. The van der Waals surface area contributed by atoms with E-state index >= 15 is 0 Å². The second-order valence-corrected chi connectivity index (χ2v) is 8.94. The van der Waals surface area contributed by atoms with Crippen molar-refractivity contribution in [2.75, 3.05) is 46.0 Å². The number of carbonyl (C=O) groups excluding carboxylic acids is 1. The van der Waals surface area contributed by atoms with Gasteiger partial charge in [-0.25, -0.2) is 8.42 Å². The SMILES string of the molecule is CCOc1ccc(S(=O)(=O)N2CCC[C@H](C(=O)N3CCOCC3)C2)cc1C. The number of sulfonamides is 1. The van der Waals surface area contributed by atoms with Crippen molar-refractivity contribution < 1.29 is 22.7 Å². The number of piperidine rings is 1. The third-order valence-electron chi connectivity index (χ3n) is 5.14. The first-order chi connectivity index (χ1) is 12.9. The minimum atomic E-state index is -3.63. The lowest BCUT2D eigenvalue weighted by molar-refractivity contribution is -0.140. The maximum absolute atomic E-state index is 13.1. The van der Waals surface area contributed by atoms with Crippen LogP contribution < -0.4 is 4.74 Å². The fourth-order valence-corrected chi connectivity index (χ4v) is 5.26. The molecule has 1 aromatic carbocycles. The Morgan fingerprint density at radius 3 is 2.67 bits per heavy atom. The van der Waals surface area contributed by atoms with E-state index in [4.69, 9.17) is 9.47 Å². The van der Waals surface area contributed by atoms with Crippen molar-refractivity contribution in [2.24, 2.45) is 5.92 Å². The molecule has 2 fully saturated rings. The number of nitrogens with zero attached hydrogens (tertiary/aromatic N) is 2. The molecular weight excluding hydrogens is 368 g/mol. The molecule has 0 radical (unpaired) electrons. The first kappa shape index (κ1) is 20.1. The highest BCUT2D eigenvalue weighted by Gasteiger charge is 2.35. The van der Waals surface area contributed by atoms with Gasteiger partial charge in [-0.15, -0.1) is 0 Å². The summed E-state index contributed by atoms with van der Waals surface area (Å²) in [6.07, 6.45) is 1.42. The summed E-state index contributed by atoms with van der Waals surface area (Å²) in [5.41, 5.74) is 0.788. The van der Waals surface area contributed by atoms with Gasteiger partial charge in [0.2, 0.25) is 15.9 Å². The minimum Gasteiger partial charge on any atom is -0.494 e. The molecule has 3 rings (SSSR count). The van der Waals surface area contributed by atoms with Crippen LogP contribution in [0.25, 0.3) is 0 Å². The van der Waals surface area contributed by atoms with Gasteiger partial charge in [0.25, 0.3) is 0 Å². The molecular formula is C19H28N2O5S. The summed E-state index contributed by atoms with van der Waals surface area (Å²) in [5, 5.41) is 0. The Morgan fingerprint density at radius 1 is 1.26 bits per heavy atom. The van der Waals surface area contributed by atoms with Crippen LogP contribution in [0.1, 0.15) is 25.3 Å². The number of hydrogen-bond acceptors (Lipinski definition) is 5. The van der Waals surface area contributed by atoms with Crippen LogP contribution in [0.4, 0.5) is 0 Å². The third-order valence-corrected chi connectivity index (χ3v) is 7.00. The van der Waals surface area contributed by atoms with Crippen LogP contribution in [0.3, 0.4) is 0 Å². The summed E-state index contributed by atoms with van der Waals surface area (Å²) in [6.45, 7) is 7.21. The van der Waals surface area contributed by atoms with Crippen molar-refractivity contribution >= 4 is 15.9 Å². The van der Waals surface area contributed by atoms with Gasteiger partial charge in [-0.3, -0.25) is 4.79 Å². The molecule has 0 bridgehead atoms. The van der Waals surface area contributed by atoms with Crippen molar-refractivity contribution in [1.29, 1.82) is 0 Å². The zero-order valence-corrected chi connectivity index (χ0v) is 16.8. The highest BCUT2D eigenvalue weighted by molar-refractivity contribution is 7.89. The van der Waals surface area contributed by atoms with Crippen LogP contribution in [-0.2, 0) is 19.6 Å². The lowest BCUT2D eigenvalue weighted by Gasteiger charge is -2.35. The summed E-state index contributed by atoms with van der Waals surface area (Å²) in [5.74, 6) is 0.451. The summed E-state index contributed by atoms with van der Waals surface area (Å²) in [6, 6.07) is 4.93. The van der Waals surface area contributed by atoms with E-state index in [0.717, 1.165) is 12.0 Å². The van der Waals surface area contributed by atoms with E-state index in [2.05, 4.69) is 0 Å². The molecule has 0 N–H and O–H groups in total. The Labute approximate surface area is 161 Å². The number of morpholine rings is 1. The largest absolute Gasteiger partial charge is 0.494 e. The number of carbonyl (C=O) groups is 1. The summed E-state index contributed by atoms with van der Waals surface area (Å²) in [4.78, 5) is 14.8. The van der Waals surface area contributed by atoms with Crippen LogP contribution >= 0.6 is 0 Å². The Hall–Kier alpha value is -1.64. The standard InChI is InChI=1S/C19H28N2O5S/c1-3-26-18-7-6-17(13-15(18)2)27(23,24)21-8-4-5-16(14-21)19(22)20-9-11-25-12-10-20/h6-7,13,16H,3-5,8-12,14H2,1-2H3/t16-/m0/s1. The molecule has 8 heteroatoms. The van der Waals surface area contributed by atoms with Gasteiger partial charge < -0.3 is 14.4 Å². The second-order valence-electron chi connectivity index (χ2n) is 7.00. The molecule has 0 saturated carbocycles. The molecule has 27 heavy (non-hydrogen) atoms. The van der Waals surface area contributed by atoms with E-state index in [-0.39, 0.29) is 23.3 Å². The van der Waals surface area contributed by atoms with E-state index in [1.807, 2.05) is 13.8 Å². The number of aryl methyl sites for hydroxylation is 1. The topological polar surface area (TPSA) is 76.2 Å². The lowest BCUT2D eigenvalue weighted by Crippen LogP contribution is -2.49. The van der Waals surface area contributed by atoms with E-state index in [9.17, 15) is 13.2 Å². The van der Waals surface area contributed by atoms with Gasteiger partial charge in [-0.2, -0.15) is 4.31 Å². The van der Waals surface area contributed by atoms with E-state index in [1.54, 1.807) is 23.1 Å². The lowest BCUT2D eigenvalue weighted by atomic mass is 9.98. The molecule has 2 heterocycles. The van der Waals surface area contributed by atoms with Crippen LogP contribution in [-0.4, -0.2) is 69.5 Å². The number of amides is 1. The molecule has 2 aliphatic rings. The number of benzene rings is 1. The van der Waals surface area contributed by atoms with Crippen LogP contribution in [0.2, 0.25) is 0 Å². The Balaban J connectivity index is 1.74. The molecule has 1 atom stereocenters. The summed E-state index contributed by atoms with van der Waals surface area (Å²) in [7, 11) is -3.63. The maximum atomic E-state index is 13.1. The van der Waals surface area contributed by atoms with Gasteiger partial charge in [0, 0.05) is 26.2 Å². The van der Waals surface area contributed by atoms with Crippen LogP contribution in [0.15, 0.2) is 23.1 Å². The smallest absolute Gasteiger partial charge is 0.243 e. The molecule has 0 aromatic heterocycles. The number of ether oxygens (including phenoxy) is 2. The average Bonchev–Trinajstić information content (AvgIpc) is 2.70. The molecule has 0 unspecified atom stereocenters. The molecule has 0 aliphatic carbocycles. The first-order valence-corrected chi connectivity index (χ1v) is 11.0. The first-order valence-electron chi connectivity index (χ1n) is 9.53. The molecule has 7 nitrogen and oxygen atoms in total. The third kappa shape index (κ3) is 4.44. The van der Waals surface area contributed by atoms with Gasteiger partial charge in [0.05, 0.1) is 30.6 Å². The van der Waals surface area contributed by atoms with Crippen molar-refractivity contribution in [3.63, 3.8) is 0 Å². The fourth-order valence-electron chi connectivity index (χ4n) is 3.65. The molecule has 1 amide bonds.